The van der Waals surface area contributed by atoms with Crippen LogP contribution < -0.4 is 4.90 Å². The number of anilines is 1. The second-order valence-electron chi connectivity index (χ2n) is 7.27. The Hall–Kier alpha value is -3.35. The second kappa shape index (κ2) is 8.34. The van der Waals surface area contributed by atoms with Crippen LogP contribution in [0.4, 0.5) is 5.82 Å². The van der Waals surface area contributed by atoms with Crippen LogP contribution in [0, 0.1) is 6.92 Å². The average molecular weight is 389 g/mol. The Morgan fingerprint density at radius 2 is 1.90 bits per heavy atom. The molecule has 0 radical (unpaired) electrons. The Balaban J connectivity index is 1.32. The highest BCUT2D eigenvalue weighted by atomic mass is 16.2. The summed E-state index contributed by atoms with van der Waals surface area (Å²) in [6.45, 7) is 3.44. The van der Waals surface area contributed by atoms with Gasteiger partial charge in [0.2, 0.25) is 5.91 Å². The van der Waals surface area contributed by atoms with Gasteiger partial charge in [0.1, 0.15) is 17.9 Å². The van der Waals surface area contributed by atoms with Crippen molar-refractivity contribution in [3.05, 3.63) is 60.2 Å². The van der Waals surface area contributed by atoms with Crippen molar-refractivity contribution in [3.8, 4) is 11.3 Å². The lowest BCUT2D eigenvalue weighted by atomic mass is 10.0. The van der Waals surface area contributed by atoms with Crippen molar-refractivity contribution in [1.82, 2.24) is 19.7 Å². The monoisotopic (exact) mass is 389 g/mol. The van der Waals surface area contributed by atoms with E-state index in [1.165, 1.54) is 6.33 Å². The van der Waals surface area contributed by atoms with Gasteiger partial charge in [-0.25, -0.2) is 14.6 Å². The van der Waals surface area contributed by atoms with Crippen molar-refractivity contribution in [3.63, 3.8) is 0 Å². The van der Waals surface area contributed by atoms with Crippen LogP contribution in [-0.2, 0) is 22.6 Å². The summed E-state index contributed by atoms with van der Waals surface area (Å²) >= 11 is 0. The second-order valence-corrected chi connectivity index (χ2v) is 7.27. The first-order valence-corrected chi connectivity index (χ1v) is 9.82. The van der Waals surface area contributed by atoms with E-state index in [0.717, 1.165) is 41.3 Å². The van der Waals surface area contributed by atoms with Crippen molar-refractivity contribution < 1.29 is 9.59 Å². The smallest absolute Gasteiger partial charge is 0.228 e. The first-order chi connectivity index (χ1) is 14.1. The molecule has 3 aromatic rings. The van der Waals surface area contributed by atoms with E-state index in [0.29, 0.717) is 13.0 Å². The predicted molar refractivity (Wildman–Crippen MR) is 109 cm³/mol. The van der Waals surface area contributed by atoms with Crippen molar-refractivity contribution in [2.45, 2.75) is 39.2 Å². The molecule has 29 heavy (non-hydrogen) atoms. The number of rotatable bonds is 6. The predicted octanol–water partition coefficient (Wildman–Crippen LogP) is 2.98. The Kier molecular flexibility index (Phi) is 5.46. The van der Waals surface area contributed by atoms with Gasteiger partial charge >= 0.3 is 0 Å². The van der Waals surface area contributed by atoms with Crippen LogP contribution in [0.15, 0.2) is 48.9 Å². The van der Waals surface area contributed by atoms with Crippen molar-refractivity contribution in [1.29, 1.82) is 0 Å². The van der Waals surface area contributed by atoms with Gasteiger partial charge in [0.05, 0.1) is 11.4 Å². The molecule has 0 saturated heterocycles. The number of carbonyl (C=O) groups is 2. The molecule has 4 rings (SSSR count). The molecule has 0 spiro atoms. The molecule has 148 valence electrons. The highest BCUT2D eigenvalue weighted by Crippen LogP contribution is 2.23. The summed E-state index contributed by atoms with van der Waals surface area (Å²) in [5.74, 6) is 0.889. The van der Waals surface area contributed by atoms with Crippen molar-refractivity contribution >= 4 is 17.5 Å². The van der Waals surface area contributed by atoms with Gasteiger partial charge in [-0.3, -0.25) is 14.5 Å². The highest BCUT2D eigenvalue weighted by Gasteiger charge is 2.24. The molecule has 0 atom stereocenters. The molecule has 0 unspecified atom stereocenters. The van der Waals surface area contributed by atoms with Crippen molar-refractivity contribution in [2.75, 3.05) is 11.4 Å². The maximum absolute atomic E-state index is 12.6. The topological polar surface area (TPSA) is 81.0 Å². The Morgan fingerprint density at radius 1 is 1.07 bits per heavy atom. The SMILES string of the molecule is Cc1cc2n(n1)CCCN2C(=O)CCC(=O)Cc1ccc(-c2ccncn2)cc1. The van der Waals surface area contributed by atoms with Gasteiger partial charge in [0.25, 0.3) is 0 Å². The fraction of sp³-hybridized carbons (Fsp3) is 0.318. The number of fused-ring (bicyclic) bond motifs is 1. The lowest BCUT2D eigenvalue weighted by molar-refractivity contribution is -0.123. The van der Waals surface area contributed by atoms with Crippen LogP contribution in [0.25, 0.3) is 11.3 Å². The highest BCUT2D eigenvalue weighted by molar-refractivity contribution is 5.95. The lowest BCUT2D eigenvalue weighted by Gasteiger charge is -2.27. The van der Waals surface area contributed by atoms with Gasteiger partial charge in [0, 0.05) is 50.2 Å². The molecule has 0 fully saturated rings. The maximum Gasteiger partial charge on any atom is 0.228 e. The number of carbonyl (C=O) groups excluding carboxylic acids is 2. The van der Waals surface area contributed by atoms with E-state index in [1.54, 1.807) is 11.1 Å². The molecular formula is C22H23N5O2. The summed E-state index contributed by atoms with van der Waals surface area (Å²) < 4.78 is 1.87. The molecule has 1 aliphatic rings. The molecular weight excluding hydrogens is 366 g/mol. The molecule has 0 saturated carbocycles. The Bertz CT molecular complexity index is 1010. The molecule has 0 N–H and O–H groups in total. The van der Waals surface area contributed by atoms with Crippen molar-refractivity contribution in [2.24, 2.45) is 0 Å². The minimum Gasteiger partial charge on any atom is -0.299 e. The van der Waals surface area contributed by atoms with Crippen LogP contribution in [0.1, 0.15) is 30.5 Å². The zero-order valence-electron chi connectivity index (χ0n) is 16.4. The van der Waals surface area contributed by atoms with E-state index < -0.39 is 0 Å². The first kappa shape index (κ1) is 19.0. The van der Waals surface area contributed by atoms with Crippen LogP contribution in [0.2, 0.25) is 0 Å². The zero-order chi connectivity index (χ0) is 20.2. The van der Waals surface area contributed by atoms with E-state index in [2.05, 4.69) is 15.1 Å². The van der Waals surface area contributed by atoms with Gasteiger partial charge in [-0.1, -0.05) is 24.3 Å². The quantitative estimate of drug-likeness (QED) is 0.647. The molecule has 1 amide bonds. The van der Waals surface area contributed by atoms with E-state index in [-0.39, 0.29) is 24.5 Å². The third-order valence-electron chi connectivity index (χ3n) is 5.06. The van der Waals surface area contributed by atoms with Crippen LogP contribution in [0.3, 0.4) is 0 Å². The maximum atomic E-state index is 12.6. The largest absolute Gasteiger partial charge is 0.299 e. The van der Waals surface area contributed by atoms with Gasteiger partial charge in [-0.05, 0) is 25.0 Å². The number of aryl methyl sites for hydroxylation is 2. The molecule has 0 bridgehead atoms. The molecule has 0 aliphatic carbocycles. The number of Topliss-reactive ketones (excluding diaryl/α,β-unsaturated/α-hetero) is 1. The number of aromatic nitrogens is 4. The number of amides is 1. The van der Waals surface area contributed by atoms with Gasteiger partial charge in [-0.15, -0.1) is 0 Å². The molecule has 3 heterocycles. The van der Waals surface area contributed by atoms with E-state index in [9.17, 15) is 9.59 Å². The van der Waals surface area contributed by atoms with Crippen LogP contribution in [0.5, 0.6) is 0 Å². The molecule has 1 aromatic carbocycles. The fourth-order valence-corrected chi connectivity index (χ4v) is 3.61. The molecule has 7 nitrogen and oxygen atoms in total. The number of benzene rings is 1. The summed E-state index contributed by atoms with van der Waals surface area (Å²) in [6, 6.07) is 11.5. The number of hydrogen-bond acceptors (Lipinski definition) is 5. The average Bonchev–Trinajstić information content (AvgIpc) is 3.13. The summed E-state index contributed by atoms with van der Waals surface area (Å²) in [4.78, 5) is 34.9. The third-order valence-corrected chi connectivity index (χ3v) is 5.06. The number of hydrogen-bond donors (Lipinski definition) is 0. The number of ketones is 1. The summed E-state index contributed by atoms with van der Waals surface area (Å²) in [6.07, 6.45) is 4.90. The fourth-order valence-electron chi connectivity index (χ4n) is 3.61. The number of nitrogens with zero attached hydrogens (tertiary/aromatic N) is 5. The van der Waals surface area contributed by atoms with E-state index >= 15 is 0 Å². The van der Waals surface area contributed by atoms with Crippen LogP contribution in [-0.4, -0.2) is 38.0 Å². The van der Waals surface area contributed by atoms with E-state index in [1.807, 2.05) is 48.0 Å². The van der Waals surface area contributed by atoms with Crippen LogP contribution >= 0.6 is 0 Å². The Labute approximate surface area is 169 Å². The normalized spacial score (nSPS) is 13.2. The minimum absolute atomic E-state index is 0.0155. The zero-order valence-corrected chi connectivity index (χ0v) is 16.4. The van der Waals surface area contributed by atoms with E-state index in [4.69, 9.17) is 0 Å². The third kappa shape index (κ3) is 4.39. The molecule has 1 aliphatic heterocycles. The summed E-state index contributed by atoms with van der Waals surface area (Å²) in [5, 5.41) is 4.41. The molecule has 7 heteroatoms. The molecule has 2 aromatic heterocycles. The minimum atomic E-state index is -0.0155. The van der Waals surface area contributed by atoms with Gasteiger partial charge < -0.3 is 0 Å². The summed E-state index contributed by atoms with van der Waals surface area (Å²) in [7, 11) is 0. The lowest BCUT2D eigenvalue weighted by Crippen LogP contribution is -2.37. The standard InChI is InChI=1S/C22H23N5O2/c1-16-13-21-26(11-2-12-27(21)25-16)22(29)8-7-19(28)14-17-3-5-18(6-4-17)20-9-10-23-15-24-20/h3-6,9-10,13,15H,2,7-8,11-12,14H2,1H3. The summed E-state index contributed by atoms with van der Waals surface area (Å²) in [5.41, 5.74) is 3.67. The van der Waals surface area contributed by atoms with Gasteiger partial charge in [-0.2, -0.15) is 5.10 Å². The Morgan fingerprint density at radius 3 is 2.66 bits per heavy atom. The first-order valence-electron chi connectivity index (χ1n) is 9.82. The van der Waals surface area contributed by atoms with Gasteiger partial charge in [0.15, 0.2) is 0 Å².